The van der Waals surface area contributed by atoms with E-state index in [2.05, 4.69) is 15.4 Å². The van der Waals surface area contributed by atoms with Crippen LogP contribution in [0.25, 0.3) is 56.4 Å². The molecule has 4 aliphatic heterocycles. The van der Waals surface area contributed by atoms with Gasteiger partial charge in [-0.15, -0.1) is 5.10 Å². The van der Waals surface area contributed by atoms with Crippen molar-refractivity contribution >= 4 is 28.8 Å². The zero-order valence-corrected chi connectivity index (χ0v) is 42.9. The van der Waals surface area contributed by atoms with Crippen LogP contribution in [0.3, 0.4) is 0 Å². The summed E-state index contributed by atoms with van der Waals surface area (Å²) >= 11 is 1.58. The van der Waals surface area contributed by atoms with E-state index in [0.717, 1.165) is 61.8 Å². The molecule has 20 heteroatoms. The van der Waals surface area contributed by atoms with Gasteiger partial charge < -0.3 is 38.2 Å². The van der Waals surface area contributed by atoms with Crippen molar-refractivity contribution in [1.29, 1.82) is 0 Å². The molecule has 0 bridgehead atoms. The van der Waals surface area contributed by atoms with Crippen LogP contribution in [0.5, 0.6) is 23.0 Å². The molecule has 374 valence electrons. The number of carbonyl (C=O) groups excluding carboxylic acids is 2. The Hall–Kier alpha value is -7.55. The molecule has 0 aliphatic carbocycles. The van der Waals surface area contributed by atoms with Crippen molar-refractivity contribution in [2.45, 2.75) is 58.9 Å². The largest absolute Gasteiger partial charge is 0.496 e. The Morgan fingerprint density at radius 3 is 2.04 bits per heavy atom. The molecule has 0 unspecified atom stereocenters. The summed E-state index contributed by atoms with van der Waals surface area (Å²) in [4.78, 5) is 31.2. The number of thiophene rings is 1. The molecule has 72 heavy (non-hydrogen) atoms. The summed E-state index contributed by atoms with van der Waals surface area (Å²) < 4.78 is 42.0. The molecule has 7 aromatic rings. The number of benzene rings is 2. The number of hydrogen-bond acceptors (Lipinski definition) is 14. The summed E-state index contributed by atoms with van der Waals surface area (Å²) in [5, 5.41) is 26.7. The van der Waals surface area contributed by atoms with Gasteiger partial charge in [-0.05, 0) is 70.3 Å². The standard InChI is InChI=1S/C26H32N6O3.C26H25N5O5S/c1-9-11-16(10-2)32-24-18-12-17(20-14-30(6)29-27-20)21(34-8)13-22(18)35-15-19(24)23(28-32)25(33)31(7)26(3,4)5;1-29-5-3-20(27-29)17-9-18-22(10-21(17)33-2)36-11-19-23(28-31(24(18)19)16-4-8-37-12-16)25(32)30-6-7-34-13-26(30)14-35-15-26/h9-14H,15H2,1-8H3;3-5,8-10,12H,6-7,11,13-15H2,1-2H3/b11-9-,16-10+;. The highest BCUT2D eigenvalue weighted by atomic mass is 32.1. The second kappa shape index (κ2) is 18.9. The molecule has 19 nitrogen and oxygen atoms in total. The molecule has 0 saturated carbocycles. The predicted molar refractivity (Wildman–Crippen MR) is 271 cm³/mol. The first-order valence-electron chi connectivity index (χ1n) is 23.6. The number of hydrogen-bond donors (Lipinski definition) is 0. The second-order valence-corrected chi connectivity index (χ2v) is 19.7. The third-order valence-electron chi connectivity index (χ3n) is 13.4. The van der Waals surface area contributed by atoms with Gasteiger partial charge >= 0.3 is 0 Å². The highest BCUT2D eigenvalue weighted by molar-refractivity contribution is 7.08. The van der Waals surface area contributed by atoms with Gasteiger partial charge in [0.1, 0.15) is 47.4 Å². The third kappa shape index (κ3) is 8.31. The van der Waals surface area contributed by atoms with E-state index < -0.39 is 5.54 Å². The monoisotopic (exact) mass is 995 g/mol. The molecule has 0 N–H and O–H groups in total. The number of fused-ring (bicyclic) bond motifs is 6. The molecular weight excluding hydrogens is 939 g/mol. The van der Waals surface area contributed by atoms with Crippen molar-refractivity contribution in [3.05, 3.63) is 100 Å². The van der Waals surface area contributed by atoms with Gasteiger partial charge in [-0.1, -0.05) is 17.4 Å². The van der Waals surface area contributed by atoms with E-state index in [4.69, 9.17) is 38.6 Å². The molecule has 0 atom stereocenters. The lowest BCUT2D eigenvalue weighted by molar-refractivity contribution is -0.181. The fraction of sp³-hybridized carbons (Fsp3) is 0.365. The van der Waals surface area contributed by atoms with Gasteiger partial charge in [-0.3, -0.25) is 19.0 Å². The van der Waals surface area contributed by atoms with Crippen molar-refractivity contribution in [3.8, 4) is 73.7 Å². The highest BCUT2D eigenvalue weighted by Gasteiger charge is 2.50. The summed E-state index contributed by atoms with van der Waals surface area (Å²) in [6.07, 6.45) is 9.61. The Balaban J connectivity index is 0.000000166. The third-order valence-corrected chi connectivity index (χ3v) is 14.1. The molecule has 2 amide bonds. The van der Waals surface area contributed by atoms with Crippen LogP contribution in [-0.2, 0) is 36.8 Å². The fourth-order valence-corrected chi connectivity index (χ4v) is 9.91. The van der Waals surface area contributed by atoms with Crippen molar-refractivity contribution in [2.24, 2.45) is 14.1 Å². The van der Waals surface area contributed by atoms with Gasteiger partial charge in [0.15, 0.2) is 11.4 Å². The van der Waals surface area contributed by atoms with Crippen LogP contribution in [0.15, 0.2) is 77.8 Å². The molecule has 9 heterocycles. The van der Waals surface area contributed by atoms with Gasteiger partial charge in [0, 0.05) is 90.3 Å². The number of morpholine rings is 1. The van der Waals surface area contributed by atoms with E-state index in [1.165, 1.54) is 0 Å². The number of ether oxygens (including phenoxy) is 6. The number of carbonyl (C=O) groups is 2. The zero-order valence-electron chi connectivity index (χ0n) is 42.0. The number of nitrogens with zero attached hydrogens (tertiary/aromatic N) is 11. The SMILES string of the molecule is C/C=C\C(=C/C)n1nc(C(=O)N(C)C(C)(C)C)c2c1-c1cc(-c3cn(C)nn3)c(OC)cc1OC2.COc1cc2c(cc1-c1ccn(C)n1)-c1c(c(C(=O)N3CCOCC34COC4)nn1-c1ccsc1)CO2. The van der Waals surface area contributed by atoms with Gasteiger partial charge in [-0.2, -0.15) is 26.6 Å². The van der Waals surface area contributed by atoms with Gasteiger partial charge in [0.25, 0.3) is 11.8 Å². The van der Waals surface area contributed by atoms with Crippen molar-refractivity contribution < 1.29 is 38.0 Å². The maximum atomic E-state index is 14.0. The van der Waals surface area contributed by atoms with E-state index in [1.807, 2.05) is 141 Å². The minimum atomic E-state index is -0.429. The molecule has 2 fully saturated rings. The lowest BCUT2D eigenvalue weighted by Crippen LogP contribution is -2.69. The maximum Gasteiger partial charge on any atom is 0.275 e. The number of rotatable bonds is 9. The maximum absolute atomic E-state index is 14.0. The number of allylic oxidation sites excluding steroid dienone is 4. The molecule has 1 spiro atoms. The van der Waals surface area contributed by atoms with Gasteiger partial charge in [0.05, 0.1) is 75.3 Å². The van der Waals surface area contributed by atoms with Crippen LogP contribution in [0.2, 0.25) is 0 Å². The molecule has 4 aliphatic rings. The predicted octanol–water partition coefficient (Wildman–Crippen LogP) is 7.70. The first kappa shape index (κ1) is 48.1. The lowest BCUT2D eigenvalue weighted by atomic mass is 9.93. The Bertz CT molecular complexity index is 3280. The number of amides is 2. The summed E-state index contributed by atoms with van der Waals surface area (Å²) in [5.74, 6) is 2.35. The fourth-order valence-electron chi connectivity index (χ4n) is 9.30. The average Bonchev–Trinajstić information content (AvgIpc) is 4.25. The van der Waals surface area contributed by atoms with Crippen LogP contribution in [0.1, 0.15) is 66.7 Å². The summed E-state index contributed by atoms with van der Waals surface area (Å²) in [6.45, 7) is 12.8. The Morgan fingerprint density at radius 2 is 1.49 bits per heavy atom. The molecule has 2 saturated heterocycles. The van der Waals surface area contributed by atoms with E-state index in [-0.39, 0.29) is 30.6 Å². The number of aromatic nitrogens is 9. The Kier molecular flexibility index (Phi) is 12.6. The van der Waals surface area contributed by atoms with E-state index in [9.17, 15) is 9.59 Å². The summed E-state index contributed by atoms with van der Waals surface area (Å²) in [5.41, 5.74) is 9.62. The smallest absolute Gasteiger partial charge is 0.275 e. The first-order chi connectivity index (χ1) is 34.7. The first-order valence-corrected chi connectivity index (χ1v) is 24.5. The second-order valence-electron chi connectivity index (χ2n) is 19.0. The van der Waals surface area contributed by atoms with E-state index >= 15 is 0 Å². The average molecular weight is 996 g/mol. The topological polar surface area (TPSA) is 180 Å². The lowest BCUT2D eigenvalue weighted by Gasteiger charge is -2.51. The van der Waals surface area contributed by atoms with E-state index in [0.29, 0.717) is 73.1 Å². The van der Waals surface area contributed by atoms with Gasteiger partial charge in [0.2, 0.25) is 0 Å². The van der Waals surface area contributed by atoms with Gasteiger partial charge in [-0.25, -0.2) is 9.36 Å². The minimum absolute atomic E-state index is 0.123. The van der Waals surface area contributed by atoms with Crippen molar-refractivity contribution in [2.75, 3.05) is 54.2 Å². The molecule has 11 rings (SSSR count). The van der Waals surface area contributed by atoms with Crippen LogP contribution < -0.4 is 18.9 Å². The highest BCUT2D eigenvalue weighted by Crippen LogP contribution is 2.48. The molecular formula is C52H57N11O8S. The van der Waals surface area contributed by atoms with Crippen LogP contribution in [0, 0.1) is 0 Å². The summed E-state index contributed by atoms with van der Waals surface area (Å²) in [6, 6.07) is 11.7. The zero-order chi connectivity index (χ0) is 50.6. The van der Waals surface area contributed by atoms with Crippen LogP contribution in [-0.4, -0.2) is 131 Å². The normalized spacial score (nSPS) is 15.6. The van der Waals surface area contributed by atoms with Crippen LogP contribution in [0.4, 0.5) is 0 Å². The molecule has 2 aromatic carbocycles. The van der Waals surface area contributed by atoms with Crippen molar-refractivity contribution in [1.82, 2.24) is 54.1 Å². The molecule has 5 aromatic heterocycles. The molecule has 0 radical (unpaired) electrons. The number of aryl methyl sites for hydroxylation is 2. The Labute approximate surface area is 420 Å². The minimum Gasteiger partial charge on any atom is -0.496 e. The van der Waals surface area contributed by atoms with Crippen LogP contribution >= 0.6 is 11.3 Å². The van der Waals surface area contributed by atoms with Crippen molar-refractivity contribution in [3.63, 3.8) is 0 Å². The van der Waals surface area contributed by atoms with E-state index in [1.54, 1.807) is 46.9 Å². The summed E-state index contributed by atoms with van der Waals surface area (Å²) in [7, 11) is 8.74. The quantitative estimate of drug-likeness (QED) is 0.129. The number of methoxy groups -OCH3 is 2. The Morgan fingerprint density at radius 1 is 0.819 bits per heavy atom.